The molecule has 0 saturated carbocycles. The fourth-order valence-electron chi connectivity index (χ4n) is 2.09. The summed E-state index contributed by atoms with van der Waals surface area (Å²) >= 11 is 1.77. The van der Waals surface area contributed by atoms with Crippen LogP contribution in [0.2, 0.25) is 0 Å². The highest BCUT2D eigenvalue weighted by molar-refractivity contribution is 7.10. The number of benzene rings is 1. The Morgan fingerprint density at radius 3 is 2.71 bits per heavy atom. The van der Waals surface area contributed by atoms with Crippen molar-refractivity contribution in [2.45, 2.75) is 32.7 Å². The lowest BCUT2D eigenvalue weighted by Gasteiger charge is -2.11. The summed E-state index contributed by atoms with van der Waals surface area (Å²) in [6.45, 7) is 4.27. The molecule has 1 atom stereocenters. The van der Waals surface area contributed by atoms with E-state index < -0.39 is 0 Å². The molecule has 0 saturated heterocycles. The molecule has 0 bridgehead atoms. The highest BCUT2D eigenvalue weighted by atomic mass is 32.1. The Hall–Kier alpha value is -1.12. The second-order valence-electron chi connectivity index (χ2n) is 4.60. The number of hydrogen-bond acceptors (Lipinski definition) is 2. The molecule has 90 valence electrons. The van der Waals surface area contributed by atoms with Crippen LogP contribution in [0.1, 0.15) is 34.0 Å². The Kier molecular flexibility index (Phi) is 3.97. The first kappa shape index (κ1) is 12.3. The van der Waals surface area contributed by atoms with Crippen molar-refractivity contribution in [3.63, 3.8) is 0 Å². The van der Waals surface area contributed by atoms with E-state index in [0.717, 1.165) is 12.8 Å². The zero-order valence-electron chi connectivity index (χ0n) is 10.4. The molecule has 0 spiro atoms. The van der Waals surface area contributed by atoms with Crippen LogP contribution in [0.5, 0.6) is 0 Å². The first-order chi connectivity index (χ1) is 8.16. The monoisotopic (exact) mass is 245 g/mol. The summed E-state index contributed by atoms with van der Waals surface area (Å²) in [5.74, 6) is 0. The molecule has 2 aromatic rings. The Labute approximate surface area is 107 Å². The van der Waals surface area contributed by atoms with Crippen LogP contribution in [-0.4, -0.2) is 0 Å². The maximum atomic E-state index is 6.24. The molecule has 0 fully saturated rings. The number of aryl methyl sites for hydroxylation is 3. The Morgan fingerprint density at radius 2 is 2.06 bits per heavy atom. The van der Waals surface area contributed by atoms with Crippen LogP contribution in [0.15, 0.2) is 35.7 Å². The lowest BCUT2D eigenvalue weighted by atomic mass is 10.0. The van der Waals surface area contributed by atoms with Crippen LogP contribution < -0.4 is 5.73 Å². The molecule has 2 rings (SSSR count). The fraction of sp³-hybridized carbons (Fsp3) is 0.333. The van der Waals surface area contributed by atoms with Crippen molar-refractivity contribution in [2.75, 3.05) is 0 Å². The van der Waals surface area contributed by atoms with Gasteiger partial charge in [-0.2, -0.15) is 0 Å². The third kappa shape index (κ3) is 3.18. The molecule has 0 amide bonds. The lowest BCUT2D eigenvalue weighted by Crippen LogP contribution is -2.10. The molecular weight excluding hydrogens is 226 g/mol. The maximum Gasteiger partial charge on any atom is 0.0395 e. The van der Waals surface area contributed by atoms with Gasteiger partial charge in [-0.1, -0.05) is 29.8 Å². The first-order valence-electron chi connectivity index (χ1n) is 6.02. The number of thiophene rings is 1. The minimum Gasteiger partial charge on any atom is -0.323 e. The van der Waals surface area contributed by atoms with Gasteiger partial charge in [-0.15, -0.1) is 11.3 Å². The standard InChI is InChI=1S/C15H19NS/c1-11-4-3-5-13(10-11)6-7-14(16)15-12(2)8-9-17-15/h3-5,8-10,14H,6-7,16H2,1-2H3. The van der Waals surface area contributed by atoms with Crippen LogP contribution in [0, 0.1) is 13.8 Å². The third-order valence-corrected chi connectivity index (χ3v) is 4.22. The van der Waals surface area contributed by atoms with E-state index in [-0.39, 0.29) is 6.04 Å². The summed E-state index contributed by atoms with van der Waals surface area (Å²) in [6, 6.07) is 11.0. The van der Waals surface area contributed by atoms with Gasteiger partial charge in [-0.25, -0.2) is 0 Å². The van der Waals surface area contributed by atoms with Gasteiger partial charge in [0.1, 0.15) is 0 Å². The molecule has 0 radical (unpaired) electrons. The molecule has 17 heavy (non-hydrogen) atoms. The topological polar surface area (TPSA) is 26.0 Å². The average Bonchev–Trinajstić information content (AvgIpc) is 2.72. The van der Waals surface area contributed by atoms with E-state index in [1.807, 2.05) is 0 Å². The molecular formula is C15H19NS. The van der Waals surface area contributed by atoms with Gasteiger partial charge in [0.05, 0.1) is 0 Å². The van der Waals surface area contributed by atoms with Crippen LogP contribution >= 0.6 is 11.3 Å². The Morgan fingerprint density at radius 1 is 1.24 bits per heavy atom. The second kappa shape index (κ2) is 5.48. The summed E-state index contributed by atoms with van der Waals surface area (Å²) in [7, 11) is 0. The van der Waals surface area contributed by atoms with E-state index in [1.165, 1.54) is 21.6 Å². The van der Waals surface area contributed by atoms with E-state index in [2.05, 4.69) is 49.6 Å². The third-order valence-electron chi connectivity index (χ3n) is 3.06. The molecule has 1 unspecified atom stereocenters. The average molecular weight is 245 g/mol. The number of hydrogen-bond donors (Lipinski definition) is 1. The van der Waals surface area contributed by atoms with Crippen LogP contribution in [0.4, 0.5) is 0 Å². The van der Waals surface area contributed by atoms with Crippen molar-refractivity contribution in [1.29, 1.82) is 0 Å². The van der Waals surface area contributed by atoms with Crippen LogP contribution in [0.3, 0.4) is 0 Å². The van der Waals surface area contributed by atoms with E-state index in [4.69, 9.17) is 5.73 Å². The van der Waals surface area contributed by atoms with Crippen molar-refractivity contribution in [1.82, 2.24) is 0 Å². The smallest absolute Gasteiger partial charge is 0.0395 e. The van der Waals surface area contributed by atoms with Gasteiger partial charge >= 0.3 is 0 Å². The molecule has 2 N–H and O–H groups in total. The molecule has 0 aliphatic rings. The minimum atomic E-state index is 0.176. The van der Waals surface area contributed by atoms with Crippen molar-refractivity contribution in [3.8, 4) is 0 Å². The highest BCUT2D eigenvalue weighted by Gasteiger charge is 2.10. The zero-order valence-corrected chi connectivity index (χ0v) is 11.3. The van der Waals surface area contributed by atoms with E-state index in [0.29, 0.717) is 0 Å². The number of rotatable bonds is 4. The van der Waals surface area contributed by atoms with Gasteiger partial charge in [0, 0.05) is 10.9 Å². The Bertz CT molecular complexity index is 487. The summed E-state index contributed by atoms with van der Waals surface area (Å²) in [5, 5.41) is 2.12. The molecule has 1 aromatic carbocycles. The largest absolute Gasteiger partial charge is 0.323 e. The van der Waals surface area contributed by atoms with Gasteiger partial charge in [-0.05, 0) is 49.3 Å². The normalized spacial score (nSPS) is 12.6. The predicted molar refractivity (Wildman–Crippen MR) is 75.5 cm³/mol. The SMILES string of the molecule is Cc1cccc(CCC(N)c2sccc2C)c1. The predicted octanol–water partition coefficient (Wildman–Crippen LogP) is 4.00. The quantitative estimate of drug-likeness (QED) is 0.865. The first-order valence-corrected chi connectivity index (χ1v) is 6.90. The van der Waals surface area contributed by atoms with E-state index in [9.17, 15) is 0 Å². The molecule has 1 aromatic heterocycles. The summed E-state index contributed by atoms with van der Waals surface area (Å²) in [6.07, 6.45) is 2.07. The highest BCUT2D eigenvalue weighted by Crippen LogP contribution is 2.25. The van der Waals surface area contributed by atoms with Crippen molar-refractivity contribution >= 4 is 11.3 Å². The molecule has 0 aliphatic heterocycles. The summed E-state index contributed by atoms with van der Waals surface area (Å²) in [4.78, 5) is 1.33. The van der Waals surface area contributed by atoms with E-state index >= 15 is 0 Å². The molecule has 1 heterocycles. The second-order valence-corrected chi connectivity index (χ2v) is 5.55. The van der Waals surface area contributed by atoms with Crippen molar-refractivity contribution in [3.05, 3.63) is 57.3 Å². The molecule has 1 nitrogen and oxygen atoms in total. The van der Waals surface area contributed by atoms with Gasteiger partial charge in [-0.3, -0.25) is 0 Å². The van der Waals surface area contributed by atoms with Gasteiger partial charge in [0.15, 0.2) is 0 Å². The maximum absolute atomic E-state index is 6.24. The van der Waals surface area contributed by atoms with E-state index in [1.54, 1.807) is 11.3 Å². The summed E-state index contributed by atoms with van der Waals surface area (Å²) in [5.41, 5.74) is 10.3. The minimum absolute atomic E-state index is 0.176. The van der Waals surface area contributed by atoms with Crippen molar-refractivity contribution in [2.24, 2.45) is 5.73 Å². The van der Waals surface area contributed by atoms with Crippen molar-refractivity contribution < 1.29 is 0 Å². The number of nitrogens with two attached hydrogens (primary N) is 1. The van der Waals surface area contributed by atoms with Gasteiger partial charge in [0.25, 0.3) is 0 Å². The zero-order chi connectivity index (χ0) is 12.3. The van der Waals surface area contributed by atoms with Crippen LogP contribution in [0.25, 0.3) is 0 Å². The molecule has 2 heteroatoms. The van der Waals surface area contributed by atoms with Gasteiger partial charge < -0.3 is 5.73 Å². The molecule has 0 aliphatic carbocycles. The summed E-state index contributed by atoms with van der Waals surface area (Å²) < 4.78 is 0. The lowest BCUT2D eigenvalue weighted by molar-refractivity contribution is 0.659. The van der Waals surface area contributed by atoms with Crippen LogP contribution in [-0.2, 0) is 6.42 Å². The van der Waals surface area contributed by atoms with Gasteiger partial charge in [0.2, 0.25) is 0 Å². The fourth-order valence-corrected chi connectivity index (χ4v) is 3.05. The Balaban J connectivity index is 1.97.